The molecule has 14 heteroatoms. The van der Waals surface area contributed by atoms with Gasteiger partial charge in [0.1, 0.15) is 0 Å². The number of rotatable bonds is 7. The lowest BCUT2D eigenvalue weighted by Gasteiger charge is -2.14. The van der Waals surface area contributed by atoms with Gasteiger partial charge in [0, 0.05) is 13.0 Å². The van der Waals surface area contributed by atoms with E-state index in [0.29, 0.717) is 9.13 Å². The van der Waals surface area contributed by atoms with Crippen molar-refractivity contribution in [3.8, 4) is 17.2 Å². The molecule has 0 spiro atoms. The summed E-state index contributed by atoms with van der Waals surface area (Å²) in [7, 11) is 0. The first kappa shape index (κ1) is 25.1. The molecule has 176 valence electrons. The van der Waals surface area contributed by atoms with Crippen LogP contribution in [0, 0.1) is 23.8 Å². The van der Waals surface area contributed by atoms with Crippen molar-refractivity contribution in [2.45, 2.75) is 13.8 Å². The molecule has 0 aliphatic carbocycles. The number of nitro benzene ring substituents is 2. The van der Waals surface area contributed by atoms with Crippen LogP contribution in [0.15, 0.2) is 40.2 Å². The Kier molecular flexibility index (Phi) is 7.83. The Morgan fingerprint density at radius 2 is 1.94 bits per heavy atom. The Balaban J connectivity index is 1.97. The van der Waals surface area contributed by atoms with E-state index in [2.05, 4.69) is 10.3 Å². The van der Waals surface area contributed by atoms with Gasteiger partial charge in [0.2, 0.25) is 11.7 Å². The van der Waals surface area contributed by atoms with Crippen molar-refractivity contribution >= 4 is 68.8 Å². The number of carbonyl (C=O) groups is 2. The summed E-state index contributed by atoms with van der Waals surface area (Å²) in [6.07, 6.45) is 1.56. The molecule has 0 fully saturated rings. The van der Waals surface area contributed by atoms with Crippen molar-refractivity contribution in [2.24, 2.45) is 4.99 Å². The van der Waals surface area contributed by atoms with Gasteiger partial charge in [-0.1, -0.05) is 0 Å². The number of hydrogen-bond acceptors (Lipinski definition) is 9. The van der Waals surface area contributed by atoms with E-state index in [9.17, 15) is 29.8 Å². The van der Waals surface area contributed by atoms with Crippen LogP contribution in [0.1, 0.15) is 19.4 Å². The summed E-state index contributed by atoms with van der Waals surface area (Å²) in [5, 5.41) is 25.1. The fraction of sp³-hybridized carbons (Fsp3) is 0.150. The number of nitrogens with one attached hydrogen (secondary N) is 1. The van der Waals surface area contributed by atoms with Gasteiger partial charge in [-0.3, -0.25) is 29.8 Å². The molecular formula is C20H15IN4O8S. The number of carbonyl (C=O) groups excluding carboxylic acids is 2. The Hall–Kier alpha value is -3.53. The molecule has 0 saturated heterocycles. The fourth-order valence-electron chi connectivity index (χ4n) is 2.76. The highest BCUT2D eigenvalue weighted by Gasteiger charge is 2.25. The van der Waals surface area contributed by atoms with Gasteiger partial charge in [0.15, 0.2) is 16.7 Å². The number of amides is 2. The Labute approximate surface area is 209 Å². The molecule has 0 radical (unpaired) electrons. The number of nitrogens with zero attached hydrogens (tertiary/aromatic N) is 3. The molecule has 0 saturated carbocycles. The molecule has 1 N–H and O–H groups in total. The molecule has 12 nitrogen and oxygen atoms in total. The number of thioether (sulfide) groups is 1. The zero-order valence-corrected chi connectivity index (χ0v) is 20.5. The van der Waals surface area contributed by atoms with Gasteiger partial charge in [-0.25, -0.2) is 0 Å². The van der Waals surface area contributed by atoms with Crippen LogP contribution in [0.25, 0.3) is 6.08 Å². The second-order valence-corrected chi connectivity index (χ2v) is 8.74. The van der Waals surface area contributed by atoms with Gasteiger partial charge in [-0.15, -0.1) is 0 Å². The number of aliphatic imine (C=N–C) groups is 1. The van der Waals surface area contributed by atoms with Crippen LogP contribution in [-0.4, -0.2) is 33.4 Å². The summed E-state index contributed by atoms with van der Waals surface area (Å²) in [6, 6.07) is 6.30. The summed E-state index contributed by atoms with van der Waals surface area (Å²) in [6.45, 7) is 3.29. The van der Waals surface area contributed by atoms with Gasteiger partial charge in [-0.2, -0.15) is 4.99 Å². The lowest BCUT2D eigenvalue weighted by molar-refractivity contribution is -0.394. The number of halogens is 1. The average molecular weight is 598 g/mol. The molecule has 0 bridgehead atoms. The minimum Gasteiger partial charge on any atom is -0.490 e. The molecule has 0 aromatic heterocycles. The van der Waals surface area contributed by atoms with Gasteiger partial charge in [0.05, 0.1) is 31.0 Å². The summed E-state index contributed by atoms with van der Waals surface area (Å²) in [5.41, 5.74) is -0.455. The molecule has 1 aliphatic rings. The first-order chi connectivity index (χ1) is 16.1. The summed E-state index contributed by atoms with van der Waals surface area (Å²) in [4.78, 5) is 48.3. The van der Waals surface area contributed by atoms with Crippen molar-refractivity contribution in [1.82, 2.24) is 5.32 Å². The monoisotopic (exact) mass is 598 g/mol. The van der Waals surface area contributed by atoms with E-state index in [1.807, 2.05) is 22.6 Å². The predicted octanol–water partition coefficient (Wildman–Crippen LogP) is 4.41. The first-order valence-electron chi connectivity index (χ1n) is 9.46. The number of non-ortho nitro benzene ring substituents is 1. The Bertz CT molecular complexity index is 1280. The lowest BCUT2D eigenvalue weighted by atomic mass is 10.2. The molecule has 1 aliphatic heterocycles. The highest BCUT2D eigenvalue weighted by molar-refractivity contribution is 14.1. The minimum atomic E-state index is -0.774. The van der Waals surface area contributed by atoms with E-state index in [4.69, 9.17) is 9.47 Å². The SMILES string of the molecule is CCOc1cc(/C=C2\SC(NC(C)=O)=NC2=O)cc(I)c1Oc1ccc([N+](=O)[O-])cc1[N+](=O)[O-]. The highest BCUT2D eigenvalue weighted by Crippen LogP contribution is 2.42. The zero-order valence-electron chi connectivity index (χ0n) is 17.6. The molecule has 34 heavy (non-hydrogen) atoms. The minimum absolute atomic E-state index is 0.169. The molecule has 2 aromatic carbocycles. The molecule has 2 amide bonds. The Morgan fingerprint density at radius 1 is 1.21 bits per heavy atom. The average Bonchev–Trinajstić information content (AvgIpc) is 3.08. The van der Waals surface area contributed by atoms with Gasteiger partial charge in [0.25, 0.3) is 11.6 Å². The quantitative estimate of drug-likeness (QED) is 0.211. The zero-order chi connectivity index (χ0) is 25.0. The van der Waals surface area contributed by atoms with E-state index in [1.54, 1.807) is 25.1 Å². The third-order valence-electron chi connectivity index (χ3n) is 4.09. The van der Waals surface area contributed by atoms with Crippen LogP contribution in [0.4, 0.5) is 11.4 Å². The van der Waals surface area contributed by atoms with Crippen molar-refractivity contribution in [2.75, 3.05) is 6.61 Å². The lowest BCUT2D eigenvalue weighted by Crippen LogP contribution is -2.23. The largest absolute Gasteiger partial charge is 0.490 e. The van der Waals surface area contributed by atoms with Crippen molar-refractivity contribution in [1.29, 1.82) is 0 Å². The standard InChI is InChI=1S/C20H15IN4O8S/c1-3-32-16-7-11(8-17-19(27)23-20(34-17)22-10(2)26)6-13(21)18(16)33-15-5-4-12(24(28)29)9-14(15)25(30)31/h4-9H,3H2,1-2H3,(H,22,23,26,27)/b17-8-. The second kappa shape index (κ2) is 10.6. The summed E-state index contributed by atoms with van der Waals surface area (Å²) >= 11 is 2.95. The first-order valence-corrected chi connectivity index (χ1v) is 11.4. The highest BCUT2D eigenvalue weighted by atomic mass is 127. The maximum Gasteiger partial charge on any atom is 0.318 e. The molecule has 2 aromatic rings. The number of ether oxygens (including phenoxy) is 2. The third-order valence-corrected chi connectivity index (χ3v) is 5.80. The van der Waals surface area contributed by atoms with Crippen molar-refractivity contribution < 1.29 is 28.9 Å². The maximum atomic E-state index is 12.2. The van der Waals surface area contributed by atoms with Crippen LogP contribution in [0.3, 0.4) is 0 Å². The Morgan fingerprint density at radius 3 is 2.56 bits per heavy atom. The predicted molar refractivity (Wildman–Crippen MR) is 132 cm³/mol. The number of benzene rings is 2. The van der Waals surface area contributed by atoms with Crippen molar-refractivity contribution in [3.05, 3.63) is 64.6 Å². The van der Waals surface area contributed by atoms with E-state index in [1.165, 1.54) is 6.92 Å². The van der Waals surface area contributed by atoms with E-state index in [-0.39, 0.29) is 39.8 Å². The number of hydrogen-bond donors (Lipinski definition) is 1. The number of amidine groups is 1. The van der Waals surface area contributed by atoms with Crippen LogP contribution >= 0.6 is 34.4 Å². The van der Waals surface area contributed by atoms with Crippen LogP contribution in [0.5, 0.6) is 17.2 Å². The smallest absolute Gasteiger partial charge is 0.318 e. The fourth-order valence-corrected chi connectivity index (χ4v) is 4.35. The molecule has 3 rings (SSSR count). The summed E-state index contributed by atoms with van der Waals surface area (Å²) < 4.78 is 11.9. The molecular weight excluding hydrogens is 583 g/mol. The van der Waals surface area contributed by atoms with E-state index in [0.717, 1.165) is 30.0 Å². The molecule has 0 unspecified atom stereocenters. The van der Waals surface area contributed by atoms with Gasteiger partial charge < -0.3 is 14.8 Å². The van der Waals surface area contributed by atoms with Crippen LogP contribution in [0.2, 0.25) is 0 Å². The van der Waals surface area contributed by atoms with E-state index < -0.39 is 27.1 Å². The topological polar surface area (TPSA) is 163 Å². The van der Waals surface area contributed by atoms with Crippen LogP contribution in [-0.2, 0) is 9.59 Å². The van der Waals surface area contributed by atoms with Crippen LogP contribution < -0.4 is 14.8 Å². The summed E-state index contributed by atoms with van der Waals surface area (Å²) in [5.74, 6) is -0.649. The van der Waals surface area contributed by atoms with Gasteiger partial charge >= 0.3 is 5.69 Å². The number of nitro groups is 2. The van der Waals surface area contributed by atoms with E-state index >= 15 is 0 Å². The van der Waals surface area contributed by atoms with Crippen molar-refractivity contribution in [3.63, 3.8) is 0 Å². The van der Waals surface area contributed by atoms with Gasteiger partial charge in [-0.05, 0) is 71.1 Å². The third kappa shape index (κ3) is 5.88. The normalized spacial score (nSPS) is 14.0. The molecule has 0 atom stereocenters. The molecule has 1 heterocycles. The maximum absolute atomic E-state index is 12.2. The second-order valence-electron chi connectivity index (χ2n) is 6.55.